The van der Waals surface area contributed by atoms with Crippen LogP contribution in [-0.2, 0) is 0 Å². The van der Waals surface area contributed by atoms with E-state index in [1.807, 2.05) is 16.7 Å². The zero-order valence-corrected chi connectivity index (χ0v) is 12.6. The number of aliphatic hydroxyl groups excluding tert-OH is 1. The standard InChI is InChI=1S/C14H26N2O2S/c1-2-19-13-6-5-12(8-13)15-14(18)16-7-3-4-11(9-16)10-17/h11-13,17H,2-10H2,1H3,(H,15,18). The maximum atomic E-state index is 12.2. The highest BCUT2D eigenvalue weighted by Gasteiger charge is 2.29. The molecule has 1 heterocycles. The predicted molar refractivity (Wildman–Crippen MR) is 79.5 cm³/mol. The number of hydrogen-bond donors (Lipinski definition) is 2. The van der Waals surface area contributed by atoms with E-state index in [1.165, 1.54) is 6.42 Å². The second-order valence-corrected chi connectivity index (χ2v) is 7.25. The first kappa shape index (κ1) is 15.0. The predicted octanol–water partition coefficient (Wildman–Crippen LogP) is 2.07. The SMILES string of the molecule is CCSC1CCC(NC(=O)N2CCCC(CO)C2)C1. The van der Waals surface area contributed by atoms with Crippen LogP contribution in [0.1, 0.15) is 39.0 Å². The number of aliphatic hydroxyl groups is 1. The average Bonchev–Trinajstić information content (AvgIpc) is 2.86. The molecule has 2 aliphatic rings. The Hall–Kier alpha value is -0.420. The van der Waals surface area contributed by atoms with Crippen LogP contribution in [0.3, 0.4) is 0 Å². The van der Waals surface area contributed by atoms with Gasteiger partial charge in [-0.25, -0.2) is 4.79 Å². The third-order valence-corrected chi connectivity index (χ3v) is 5.41. The summed E-state index contributed by atoms with van der Waals surface area (Å²) in [4.78, 5) is 14.1. The van der Waals surface area contributed by atoms with E-state index < -0.39 is 0 Å². The Kier molecular flexibility index (Phi) is 5.82. The Morgan fingerprint density at radius 2 is 2.26 bits per heavy atom. The molecule has 3 unspecified atom stereocenters. The van der Waals surface area contributed by atoms with E-state index in [1.54, 1.807) is 0 Å². The minimum atomic E-state index is 0.0744. The molecule has 1 aliphatic heterocycles. The first-order valence-corrected chi connectivity index (χ1v) is 8.55. The maximum absolute atomic E-state index is 12.2. The van der Waals surface area contributed by atoms with Gasteiger partial charge in [-0.15, -0.1) is 0 Å². The zero-order chi connectivity index (χ0) is 13.7. The largest absolute Gasteiger partial charge is 0.396 e. The molecule has 0 aromatic rings. The van der Waals surface area contributed by atoms with Gasteiger partial charge in [0, 0.05) is 31.0 Å². The van der Waals surface area contributed by atoms with E-state index in [0.717, 1.165) is 43.2 Å². The van der Waals surface area contributed by atoms with Crippen LogP contribution < -0.4 is 5.32 Å². The van der Waals surface area contributed by atoms with E-state index in [-0.39, 0.29) is 18.6 Å². The molecule has 2 amide bonds. The lowest BCUT2D eigenvalue weighted by molar-refractivity contribution is 0.128. The number of piperidine rings is 1. The fourth-order valence-corrected chi connectivity index (χ4v) is 4.27. The molecule has 1 saturated carbocycles. The van der Waals surface area contributed by atoms with Crippen molar-refractivity contribution in [3.8, 4) is 0 Å². The zero-order valence-electron chi connectivity index (χ0n) is 11.8. The number of likely N-dealkylation sites (tertiary alicyclic amines) is 1. The van der Waals surface area contributed by atoms with Gasteiger partial charge >= 0.3 is 6.03 Å². The number of amides is 2. The monoisotopic (exact) mass is 286 g/mol. The van der Waals surface area contributed by atoms with Crippen molar-refractivity contribution in [1.82, 2.24) is 10.2 Å². The van der Waals surface area contributed by atoms with Crippen LogP contribution >= 0.6 is 11.8 Å². The third-order valence-electron chi connectivity index (χ3n) is 4.18. The molecule has 0 aromatic heterocycles. The number of hydrogen-bond acceptors (Lipinski definition) is 3. The van der Waals surface area contributed by atoms with Crippen LogP contribution in [0.15, 0.2) is 0 Å². The Bertz CT molecular complexity index is 301. The van der Waals surface area contributed by atoms with E-state index in [4.69, 9.17) is 0 Å². The highest BCUT2D eigenvalue weighted by atomic mass is 32.2. The molecule has 19 heavy (non-hydrogen) atoms. The summed E-state index contributed by atoms with van der Waals surface area (Å²) in [5.74, 6) is 1.43. The Morgan fingerprint density at radius 3 is 3.00 bits per heavy atom. The number of carbonyl (C=O) groups is 1. The molecule has 2 N–H and O–H groups in total. The molecule has 0 bridgehead atoms. The number of urea groups is 1. The fourth-order valence-electron chi connectivity index (χ4n) is 3.12. The van der Waals surface area contributed by atoms with Crippen LogP contribution in [0.25, 0.3) is 0 Å². The van der Waals surface area contributed by atoms with Crippen molar-refractivity contribution in [1.29, 1.82) is 0 Å². The van der Waals surface area contributed by atoms with Crippen molar-refractivity contribution in [2.45, 2.75) is 50.3 Å². The molecule has 2 fully saturated rings. The van der Waals surface area contributed by atoms with Gasteiger partial charge in [0.25, 0.3) is 0 Å². The van der Waals surface area contributed by atoms with E-state index in [9.17, 15) is 9.90 Å². The van der Waals surface area contributed by atoms with Gasteiger partial charge in [-0.2, -0.15) is 11.8 Å². The van der Waals surface area contributed by atoms with Crippen molar-refractivity contribution in [3.05, 3.63) is 0 Å². The minimum Gasteiger partial charge on any atom is -0.396 e. The molecule has 1 saturated heterocycles. The quantitative estimate of drug-likeness (QED) is 0.832. The fraction of sp³-hybridized carbons (Fsp3) is 0.929. The summed E-state index contributed by atoms with van der Waals surface area (Å²) in [5, 5.41) is 13.1. The second kappa shape index (κ2) is 7.39. The molecule has 0 aromatic carbocycles. The van der Waals surface area contributed by atoms with Gasteiger partial charge < -0.3 is 15.3 Å². The number of nitrogens with zero attached hydrogens (tertiary/aromatic N) is 1. The van der Waals surface area contributed by atoms with Gasteiger partial charge in [0.15, 0.2) is 0 Å². The first-order chi connectivity index (χ1) is 9.22. The number of rotatable bonds is 4. The number of nitrogens with one attached hydrogen (secondary N) is 1. The summed E-state index contributed by atoms with van der Waals surface area (Å²) >= 11 is 2.01. The summed E-state index contributed by atoms with van der Waals surface area (Å²) in [7, 11) is 0. The van der Waals surface area contributed by atoms with Gasteiger partial charge in [-0.05, 0) is 43.8 Å². The van der Waals surface area contributed by atoms with Crippen LogP contribution in [0.2, 0.25) is 0 Å². The molecular weight excluding hydrogens is 260 g/mol. The van der Waals surface area contributed by atoms with Crippen molar-refractivity contribution >= 4 is 17.8 Å². The molecule has 110 valence electrons. The summed E-state index contributed by atoms with van der Waals surface area (Å²) in [6, 6.07) is 0.427. The smallest absolute Gasteiger partial charge is 0.317 e. The molecule has 5 heteroatoms. The Labute approximate surface area is 120 Å². The van der Waals surface area contributed by atoms with Gasteiger partial charge in [0.1, 0.15) is 0 Å². The van der Waals surface area contributed by atoms with Crippen molar-refractivity contribution in [2.24, 2.45) is 5.92 Å². The second-order valence-electron chi connectivity index (χ2n) is 5.67. The molecule has 4 nitrogen and oxygen atoms in total. The molecule has 0 spiro atoms. The van der Waals surface area contributed by atoms with Crippen molar-refractivity contribution in [3.63, 3.8) is 0 Å². The Balaban J connectivity index is 1.75. The van der Waals surface area contributed by atoms with Crippen LogP contribution in [0.5, 0.6) is 0 Å². The van der Waals surface area contributed by atoms with Gasteiger partial charge in [0.2, 0.25) is 0 Å². The molecular formula is C14H26N2O2S. The van der Waals surface area contributed by atoms with Gasteiger partial charge in [-0.1, -0.05) is 6.92 Å². The molecule has 1 aliphatic carbocycles. The van der Waals surface area contributed by atoms with Crippen LogP contribution in [-0.4, -0.2) is 52.8 Å². The summed E-state index contributed by atoms with van der Waals surface area (Å²) < 4.78 is 0. The average molecular weight is 286 g/mol. The lowest BCUT2D eigenvalue weighted by Crippen LogP contribution is -2.48. The molecule has 0 radical (unpaired) electrons. The maximum Gasteiger partial charge on any atom is 0.317 e. The van der Waals surface area contributed by atoms with Gasteiger partial charge in [-0.3, -0.25) is 0 Å². The Morgan fingerprint density at radius 1 is 1.42 bits per heavy atom. The number of thioether (sulfide) groups is 1. The van der Waals surface area contributed by atoms with Gasteiger partial charge in [0.05, 0.1) is 0 Å². The lowest BCUT2D eigenvalue weighted by Gasteiger charge is -2.32. The van der Waals surface area contributed by atoms with E-state index in [2.05, 4.69) is 12.2 Å². The topological polar surface area (TPSA) is 52.6 Å². The highest BCUT2D eigenvalue weighted by Crippen LogP contribution is 2.29. The first-order valence-electron chi connectivity index (χ1n) is 7.50. The normalized spacial score (nSPS) is 31.5. The highest BCUT2D eigenvalue weighted by molar-refractivity contribution is 7.99. The minimum absolute atomic E-state index is 0.0744. The molecule has 3 atom stereocenters. The molecule has 2 rings (SSSR count). The summed E-state index contributed by atoms with van der Waals surface area (Å²) in [6.45, 7) is 3.94. The van der Waals surface area contributed by atoms with Crippen molar-refractivity contribution in [2.75, 3.05) is 25.4 Å². The van der Waals surface area contributed by atoms with Crippen LogP contribution in [0, 0.1) is 5.92 Å². The van der Waals surface area contributed by atoms with E-state index >= 15 is 0 Å². The van der Waals surface area contributed by atoms with Crippen molar-refractivity contribution < 1.29 is 9.90 Å². The third kappa shape index (κ3) is 4.28. The van der Waals surface area contributed by atoms with E-state index in [0.29, 0.717) is 12.6 Å². The number of carbonyl (C=O) groups excluding carboxylic acids is 1. The van der Waals surface area contributed by atoms with Crippen LogP contribution in [0.4, 0.5) is 4.79 Å². The summed E-state index contributed by atoms with van der Waals surface area (Å²) in [5.41, 5.74) is 0. The summed E-state index contributed by atoms with van der Waals surface area (Å²) in [6.07, 6.45) is 5.50. The lowest BCUT2D eigenvalue weighted by atomic mass is 9.99.